The maximum atomic E-state index is 12.1. The van der Waals surface area contributed by atoms with Gasteiger partial charge >= 0.3 is 0 Å². The number of nitrogens with one attached hydrogen (secondary N) is 1. The summed E-state index contributed by atoms with van der Waals surface area (Å²) in [4.78, 5) is 14.3. The van der Waals surface area contributed by atoms with Gasteiger partial charge in [0.15, 0.2) is 0 Å². The minimum absolute atomic E-state index is 0.110. The number of morpholine rings is 1. The lowest BCUT2D eigenvalue weighted by molar-refractivity contribution is -0.124. The van der Waals surface area contributed by atoms with Gasteiger partial charge in [-0.3, -0.25) is 4.79 Å². The molecule has 1 heterocycles. The van der Waals surface area contributed by atoms with Crippen molar-refractivity contribution < 1.29 is 9.53 Å². The summed E-state index contributed by atoms with van der Waals surface area (Å²) in [6.07, 6.45) is 7.22. The number of hydrogen-bond donors (Lipinski definition) is 1. The van der Waals surface area contributed by atoms with Crippen molar-refractivity contribution in [3.05, 3.63) is 0 Å². The molecule has 1 aliphatic carbocycles. The fourth-order valence-electron chi connectivity index (χ4n) is 3.17. The molecular weight excluding hydrogens is 240 g/mol. The summed E-state index contributed by atoms with van der Waals surface area (Å²) in [5, 5.41) is 3.13. The maximum absolute atomic E-state index is 12.1. The predicted octanol–water partition coefficient (Wildman–Crippen LogP) is 1.79. The first kappa shape index (κ1) is 14.8. The predicted molar refractivity (Wildman–Crippen MR) is 76.0 cm³/mol. The average Bonchev–Trinajstić information content (AvgIpc) is 2.39. The number of hydrogen-bond acceptors (Lipinski definition) is 3. The van der Waals surface area contributed by atoms with Crippen LogP contribution in [0.4, 0.5) is 0 Å². The van der Waals surface area contributed by atoms with E-state index in [2.05, 4.69) is 24.2 Å². The number of ether oxygens (including phenoxy) is 1. The SMILES string of the molecule is C[C@@H](NC(=O)CC1CCCCC1)[C@@H]1CN(C)CCO1. The molecule has 4 heteroatoms. The van der Waals surface area contributed by atoms with Crippen molar-refractivity contribution in [1.29, 1.82) is 0 Å². The third kappa shape index (κ3) is 4.77. The second kappa shape index (κ2) is 7.25. The number of rotatable bonds is 4. The fourth-order valence-corrected chi connectivity index (χ4v) is 3.17. The van der Waals surface area contributed by atoms with E-state index in [4.69, 9.17) is 4.74 Å². The molecule has 0 aromatic rings. The Kier molecular flexibility index (Phi) is 5.64. The first-order valence-electron chi connectivity index (χ1n) is 7.74. The molecule has 1 saturated carbocycles. The van der Waals surface area contributed by atoms with E-state index < -0.39 is 0 Å². The van der Waals surface area contributed by atoms with Crippen LogP contribution in [0.2, 0.25) is 0 Å². The van der Waals surface area contributed by atoms with Crippen LogP contribution in [0.3, 0.4) is 0 Å². The molecule has 0 aromatic heterocycles. The summed E-state index contributed by atoms with van der Waals surface area (Å²) in [6, 6.07) is 0.110. The zero-order valence-electron chi connectivity index (χ0n) is 12.4. The molecule has 1 amide bonds. The summed E-state index contributed by atoms with van der Waals surface area (Å²) < 4.78 is 5.74. The Labute approximate surface area is 116 Å². The molecule has 1 N–H and O–H groups in total. The van der Waals surface area contributed by atoms with Crippen LogP contribution in [0.25, 0.3) is 0 Å². The highest BCUT2D eigenvalue weighted by Gasteiger charge is 2.25. The summed E-state index contributed by atoms with van der Waals surface area (Å²) in [6.45, 7) is 4.72. The molecule has 0 unspecified atom stereocenters. The maximum Gasteiger partial charge on any atom is 0.220 e. The van der Waals surface area contributed by atoms with Crippen molar-refractivity contribution in [2.75, 3.05) is 26.7 Å². The minimum Gasteiger partial charge on any atom is -0.373 e. The van der Waals surface area contributed by atoms with E-state index in [1.165, 1.54) is 32.1 Å². The van der Waals surface area contributed by atoms with Crippen molar-refractivity contribution >= 4 is 5.91 Å². The van der Waals surface area contributed by atoms with Crippen LogP contribution >= 0.6 is 0 Å². The molecule has 0 bridgehead atoms. The van der Waals surface area contributed by atoms with Crippen molar-refractivity contribution in [2.24, 2.45) is 5.92 Å². The molecule has 0 aromatic carbocycles. The highest BCUT2D eigenvalue weighted by molar-refractivity contribution is 5.76. The Morgan fingerprint density at radius 1 is 1.37 bits per heavy atom. The van der Waals surface area contributed by atoms with E-state index in [0.29, 0.717) is 12.3 Å². The second-order valence-corrected chi connectivity index (χ2v) is 6.24. The van der Waals surface area contributed by atoms with Gasteiger partial charge in [0.1, 0.15) is 0 Å². The molecular formula is C15H28N2O2. The number of likely N-dealkylation sites (N-methyl/N-ethyl adjacent to an activating group) is 1. The van der Waals surface area contributed by atoms with E-state index in [0.717, 1.165) is 19.7 Å². The fraction of sp³-hybridized carbons (Fsp3) is 0.933. The summed E-state index contributed by atoms with van der Waals surface area (Å²) in [5.41, 5.74) is 0. The highest BCUT2D eigenvalue weighted by Crippen LogP contribution is 2.26. The van der Waals surface area contributed by atoms with Gasteiger partial charge in [-0.1, -0.05) is 19.3 Å². The van der Waals surface area contributed by atoms with Crippen LogP contribution in [-0.2, 0) is 9.53 Å². The molecule has 1 aliphatic heterocycles. The van der Waals surface area contributed by atoms with Crippen LogP contribution in [0.15, 0.2) is 0 Å². The van der Waals surface area contributed by atoms with Crippen molar-refractivity contribution in [2.45, 2.75) is 57.6 Å². The van der Waals surface area contributed by atoms with E-state index in [-0.39, 0.29) is 18.1 Å². The number of nitrogens with zero attached hydrogens (tertiary/aromatic N) is 1. The third-order valence-electron chi connectivity index (χ3n) is 4.44. The average molecular weight is 268 g/mol. The van der Waals surface area contributed by atoms with E-state index in [1.54, 1.807) is 0 Å². The molecule has 2 rings (SSSR count). The molecule has 110 valence electrons. The topological polar surface area (TPSA) is 41.6 Å². The first-order valence-corrected chi connectivity index (χ1v) is 7.74. The van der Waals surface area contributed by atoms with Crippen molar-refractivity contribution in [3.8, 4) is 0 Å². The van der Waals surface area contributed by atoms with Gasteiger partial charge < -0.3 is 15.0 Å². The largest absolute Gasteiger partial charge is 0.373 e. The zero-order valence-corrected chi connectivity index (χ0v) is 12.4. The van der Waals surface area contributed by atoms with Crippen LogP contribution in [0, 0.1) is 5.92 Å². The van der Waals surface area contributed by atoms with Gasteiger partial charge in [-0.25, -0.2) is 0 Å². The van der Waals surface area contributed by atoms with Crippen LogP contribution in [-0.4, -0.2) is 49.7 Å². The lowest BCUT2D eigenvalue weighted by Crippen LogP contribution is -2.51. The van der Waals surface area contributed by atoms with Gasteiger partial charge in [-0.2, -0.15) is 0 Å². The lowest BCUT2D eigenvalue weighted by Gasteiger charge is -2.34. The quantitative estimate of drug-likeness (QED) is 0.845. The Bertz CT molecular complexity index is 290. The van der Waals surface area contributed by atoms with Crippen LogP contribution in [0.5, 0.6) is 0 Å². The minimum atomic E-state index is 0.110. The molecule has 2 atom stereocenters. The van der Waals surface area contributed by atoms with Gasteiger partial charge in [0.2, 0.25) is 5.91 Å². The number of amides is 1. The normalized spacial score (nSPS) is 28.0. The summed E-state index contributed by atoms with van der Waals surface area (Å²) in [7, 11) is 2.10. The zero-order chi connectivity index (χ0) is 13.7. The summed E-state index contributed by atoms with van der Waals surface area (Å²) >= 11 is 0. The summed E-state index contributed by atoms with van der Waals surface area (Å²) in [5.74, 6) is 0.812. The van der Waals surface area contributed by atoms with E-state index >= 15 is 0 Å². The monoisotopic (exact) mass is 268 g/mol. The van der Waals surface area contributed by atoms with Crippen LogP contribution in [0.1, 0.15) is 45.4 Å². The smallest absolute Gasteiger partial charge is 0.220 e. The Balaban J connectivity index is 1.71. The van der Waals surface area contributed by atoms with Crippen molar-refractivity contribution in [1.82, 2.24) is 10.2 Å². The highest BCUT2D eigenvalue weighted by atomic mass is 16.5. The Morgan fingerprint density at radius 2 is 2.11 bits per heavy atom. The Hall–Kier alpha value is -0.610. The second-order valence-electron chi connectivity index (χ2n) is 6.24. The van der Waals surface area contributed by atoms with E-state index in [9.17, 15) is 4.79 Å². The third-order valence-corrected chi connectivity index (χ3v) is 4.44. The number of carbonyl (C=O) groups is 1. The van der Waals surface area contributed by atoms with Gasteiger partial charge in [-0.05, 0) is 32.7 Å². The van der Waals surface area contributed by atoms with Gasteiger partial charge in [0.05, 0.1) is 18.8 Å². The van der Waals surface area contributed by atoms with Crippen LogP contribution < -0.4 is 5.32 Å². The van der Waals surface area contributed by atoms with Gasteiger partial charge in [0.25, 0.3) is 0 Å². The molecule has 0 spiro atoms. The first-order chi connectivity index (χ1) is 9.15. The van der Waals surface area contributed by atoms with Crippen molar-refractivity contribution in [3.63, 3.8) is 0 Å². The van der Waals surface area contributed by atoms with E-state index in [1.807, 2.05) is 0 Å². The molecule has 2 aliphatic rings. The molecule has 0 radical (unpaired) electrons. The lowest BCUT2D eigenvalue weighted by atomic mass is 9.87. The molecule has 1 saturated heterocycles. The van der Waals surface area contributed by atoms with Gasteiger partial charge in [-0.15, -0.1) is 0 Å². The molecule has 4 nitrogen and oxygen atoms in total. The van der Waals surface area contributed by atoms with Gasteiger partial charge in [0, 0.05) is 19.5 Å². The Morgan fingerprint density at radius 3 is 2.79 bits per heavy atom. The molecule has 2 fully saturated rings. The molecule has 19 heavy (non-hydrogen) atoms. The standard InChI is InChI=1S/C15H28N2O2/c1-12(14-11-17(2)8-9-19-14)16-15(18)10-13-6-4-3-5-7-13/h12-14H,3-11H2,1-2H3,(H,16,18)/t12-,14+/m1/s1. The number of carbonyl (C=O) groups excluding carboxylic acids is 1.